The van der Waals surface area contributed by atoms with Crippen LogP contribution < -0.4 is 4.74 Å². The Morgan fingerprint density at radius 3 is 2.47 bits per heavy atom. The molecule has 0 aliphatic rings. The first-order chi connectivity index (χ1) is 9.15. The van der Waals surface area contributed by atoms with Gasteiger partial charge in [-0.25, -0.2) is 0 Å². The van der Waals surface area contributed by atoms with Gasteiger partial charge in [0.15, 0.2) is 0 Å². The third-order valence-corrected chi connectivity index (χ3v) is 3.21. The SMILES string of the molecule is O=C(O)Cc1ccc(OCc2ccccc2)c(Br)c1. The van der Waals surface area contributed by atoms with E-state index < -0.39 is 5.97 Å². The lowest BCUT2D eigenvalue weighted by atomic mass is 10.1. The summed E-state index contributed by atoms with van der Waals surface area (Å²) >= 11 is 3.39. The number of hydrogen-bond donors (Lipinski definition) is 1. The molecule has 0 heterocycles. The maximum Gasteiger partial charge on any atom is 0.307 e. The van der Waals surface area contributed by atoms with Crippen molar-refractivity contribution in [2.75, 3.05) is 0 Å². The van der Waals surface area contributed by atoms with Crippen molar-refractivity contribution < 1.29 is 14.6 Å². The molecule has 0 aromatic heterocycles. The highest BCUT2D eigenvalue weighted by molar-refractivity contribution is 9.10. The van der Waals surface area contributed by atoms with Crippen LogP contribution in [0.15, 0.2) is 53.0 Å². The molecule has 0 aliphatic heterocycles. The van der Waals surface area contributed by atoms with Crippen LogP contribution in [0.25, 0.3) is 0 Å². The number of ether oxygens (including phenoxy) is 1. The molecule has 2 rings (SSSR count). The maximum absolute atomic E-state index is 10.6. The summed E-state index contributed by atoms with van der Waals surface area (Å²) in [6.45, 7) is 0.484. The van der Waals surface area contributed by atoms with E-state index in [1.807, 2.05) is 30.3 Å². The molecule has 4 heteroatoms. The number of hydrogen-bond acceptors (Lipinski definition) is 2. The fourth-order valence-corrected chi connectivity index (χ4v) is 2.22. The van der Waals surface area contributed by atoms with Crippen molar-refractivity contribution in [2.45, 2.75) is 13.0 Å². The van der Waals surface area contributed by atoms with Gasteiger partial charge in [-0.1, -0.05) is 36.4 Å². The summed E-state index contributed by atoms with van der Waals surface area (Å²) in [5.41, 5.74) is 1.83. The zero-order valence-electron chi connectivity index (χ0n) is 10.2. The lowest BCUT2D eigenvalue weighted by Crippen LogP contribution is -2.01. The van der Waals surface area contributed by atoms with E-state index in [-0.39, 0.29) is 6.42 Å². The molecule has 0 bridgehead atoms. The summed E-state index contributed by atoms with van der Waals surface area (Å²) in [5, 5.41) is 8.73. The summed E-state index contributed by atoms with van der Waals surface area (Å²) in [5.74, 6) is -0.136. The van der Waals surface area contributed by atoms with Gasteiger partial charge in [-0.05, 0) is 39.2 Å². The molecule has 0 fully saturated rings. The average molecular weight is 321 g/mol. The molecule has 98 valence electrons. The van der Waals surface area contributed by atoms with E-state index in [0.29, 0.717) is 12.4 Å². The molecule has 2 aromatic carbocycles. The summed E-state index contributed by atoms with van der Waals surface area (Å²) in [6.07, 6.45) is 0.0115. The molecule has 0 amide bonds. The largest absolute Gasteiger partial charge is 0.488 e. The standard InChI is InChI=1S/C15H13BrO3/c16-13-8-12(9-15(17)18)6-7-14(13)19-10-11-4-2-1-3-5-11/h1-8H,9-10H2,(H,17,18). The maximum atomic E-state index is 10.6. The summed E-state index contributed by atoms with van der Waals surface area (Å²) in [4.78, 5) is 10.6. The first-order valence-electron chi connectivity index (χ1n) is 5.82. The van der Waals surface area contributed by atoms with E-state index in [0.717, 1.165) is 15.6 Å². The van der Waals surface area contributed by atoms with E-state index >= 15 is 0 Å². The van der Waals surface area contributed by atoms with Crippen molar-refractivity contribution in [1.82, 2.24) is 0 Å². The van der Waals surface area contributed by atoms with Gasteiger partial charge in [0, 0.05) is 0 Å². The van der Waals surface area contributed by atoms with Gasteiger partial charge < -0.3 is 9.84 Å². The van der Waals surface area contributed by atoms with Crippen molar-refractivity contribution in [3.8, 4) is 5.75 Å². The minimum atomic E-state index is -0.843. The van der Waals surface area contributed by atoms with Crippen molar-refractivity contribution >= 4 is 21.9 Å². The second-order valence-electron chi connectivity index (χ2n) is 4.11. The zero-order valence-corrected chi connectivity index (χ0v) is 11.8. The van der Waals surface area contributed by atoms with Crippen LogP contribution in [0.4, 0.5) is 0 Å². The Kier molecular flexibility index (Phi) is 4.58. The van der Waals surface area contributed by atoms with E-state index in [2.05, 4.69) is 15.9 Å². The third-order valence-electron chi connectivity index (χ3n) is 2.59. The number of benzene rings is 2. The first-order valence-corrected chi connectivity index (χ1v) is 6.61. The lowest BCUT2D eigenvalue weighted by Gasteiger charge is -2.09. The number of halogens is 1. The Balaban J connectivity index is 2.03. The molecule has 1 N–H and O–H groups in total. The lowest BCUT2D eigenvalue weighted by molar-refractivity contribution is -0.136. The van der Waals surface area contributed by atoms with Crippen LogP contribution in [0, 0.1) is 0 Å². The average Bonchev–Trinajstić information content (AvgIpc) is 2.38. The van der Waals surface area contributed by atoms with Gasteiger partial charge in [-0.15, -0.1) is 0 Å². The molecule has 0 saturated carbocycles. The molecule has 0 atom stereocenters. The molecule has 0 aliphatic carbocycles. The molecule has 19 heavy (non-hydrogen) atoms. The number of carboxylic acid groups (broad SMARTS) is 1. The van der Waals surface area contributed by atoms with Crippen LogP contribution in [0.5, 0.6) is 5.75 Å². The summed E-state index contributed by atoms with van der Waals surface area (Å²) in [7, 11) is 0. The van der Waals surface area contributed by atoms with Crippen molar-refractivity contribution in [2.24, 2.45) is 0 Å². The highest BCUT2D eigenvalue weighted by atomic mass is 79.9. The Bertz CT molecular complexity index is 567. The molecule has 3 nitrogen and oxygen atoms in total. The number of carbonyl (C=O) groups is 1. The third kappa shape index (κ3) is 4.10. The molecule has 0 saturated heterocycles. The normalized spacial score (nSPS) is 10.2. The van der Waals surface area contributed by atoms with Gasteiger partial charge in [-0.2, -0.15) is 0 Å². The number of carboxylic acids is 1. The number of rotatable bonds is 5. The van der Waals surface area contributed by atoms with E-state index in [9.17, 15) is 4.79 Å². The predicted octanol–water partition coefficient (Wildman–Crippen LogP) is 3.66. The summed E-state index contributed by atoms with van der Waals surface area (Å²) < 4.78 is 6.45. The minimum Gasteiger partial charge on any atom is -0.488 e. The molecule has 0 unspecified atom stereocenters. The second-order valence-corrected chi connectivity index (χ2v) is 4.96. The van der Waals surface area contributed by atoms with Crippen LogP contribution in [0.3, 0.4) is 0 Å². The smallest absolute Gasteiger partial charge is 0.307 e. The van der Waals surface area contributed by atoms with Gasteiger partial charge in [-0.3, -0.25) is 4.79 Å². The highest BCUT2D eigenvalue weighted by Crippen LogP contribution is 2.27. The monoisotopic (exact) mass is 320 g/mol. The van der Waals surface area contributed by atoms with Crippen LogP contribution in [-0.2, 0) is 17.8 Å². The van der Waals surface area contributed by atoms with Gasteiger partial charge in [0.2, 0.25) is 0 Å². The van der Waals surface area contributed by atoms with Crippen molar-refractivity contribution in [3.05, 3.63) is 64.1 Å². The molecular formula is C15H13BrO3. The van der Waals surface area contributed by atoms with Crippen LogP contribution in [0.1, 0.15) is 11.1 Å². The molecule has 0 spiro atoms. The Labute approximate surface area is 120 Å². The molecular weight excluding hydrogens is 308 g/mol. The van der Waals surface area contributed by atoms with Gasteiger partial charge in [0.25, 0.3) is 0 Å². The highest BCUT2D eigenvalue weighted by Gasteiger charge is 2.06. The second kappa shape index (κ2) is 6.38. The van der Waals surface area contributed by atoms with Crippen LogP contribution in [0.2, 0.25) is 0 Å². The van der Waals surface area contributed by atoms with Crippen LogP contribution in [-0.4, -0.2) is 11.1 Å². The summed E-state index contributed by atoms with van der Waals surface area (Å²) in [6, 6.07) is 15.2. The van der Waals surface area contributed by atoms with Crippen molar-refractivity contribution in [1.29, 1.82) is 0 Å². The molecule has 2 aromatic rings. The van der Waals surface area contributed by atoms with Gasteiger partial charge in [0.05, 0.1) is 10.9 Å². The fourth-order valence-electron chi connectivity index (χ4n) is 1.68. The topological polar surface area (TPSA) is 46.5 Å². The van der Waals surface area contributed by atoms with E-state index in [1.165, 1.54) is 0 Å². The van der Waals surface area contributed by atoms with Crippen LogP contribution >= 0.6 is 15.9 Å². The Morgan fingerprint density at radius 1 is 1.11 bits per heavy atom. The first kappa shape index (κ1) is 13.6. The Morgan fingerprint density at radius 2 is 1.84 bits per heavy atom. The van der Waals surface area contributed by atoms with E-state index in [4.69, 9.17) is 9.84 Å². The predicted molar refractivity (Wildman–Crippen MR) is 76.3 cm³/mol. The molecule has 0 radical (unpaired) electrons. The van der Waals surface area contributed by atoms with Crippen molar-refractivity contribution in [3.63, 3.8) is 0 Å². The quantitative estimate of drug-likeness (QED) is 0.914. The Hall–Kier alpha value is -1.81. The van der Waals surface area contributed by atoms with Gasteiger partial charge >= 0.3 is 5.97 Å². The zero-order chi connectivity index (χ0) is 13.7. The minimum absolute atomic E-state index is 0.0115. The number of aliphatic carboxylic acids is 1. The van der Waals surface area contributed by atoms with Gasteiger partial charge in [0.1, 0.15) is 12.4 Å². The fraction of sp³-hybridized carbons (Fsp3) is 0.133. The van der Waals surface area contributed by atoms with E-state index in [1.54, 1.807) is 18.2 Å².